The Labute approximate surface area is 157 Å². The van der Waals surface area contributed by atoms with Crippen molar-refractivity contribution in [1.29, 1.82) is 0 Å². The van der Waals surface area contributed by atoms with E-state index < -0.39 is 11.9 Å². The number of rotatable bonds is 4. The van der Waals surface area contributed by atoms with Gasteiger partial charge in [-0.3, -0.25) is 14.4 Å². The number of aryl methyl sites for hydroxylation is 3. The molecule has 3 rings (SSSR count). The van der Waals surface area contributed by atoms with E-state index in [0.717, 1.165) is 21.4 Å². The molecular formula is C20H23N3O4. The maximum Gasteiger partial charge on any atom is 0.308 e. The lowest BCUT2D eigenvalue weighted by molar-refractivity contribution is -0.141. The minimum atomic E-state index is -0.917. The first-order chi connectivity index (χ1) is 12.8. The molecule has 0 saturated carbocycles. The predicted octanol–water partition coefficient (Wildman–Crippen LogP) is 1.50. The number of carboxylic acids is 1. The molecule has 1 aliphatic rings. The third-order valence-corrected chi connectivity index (χ3v) is 5.30. The van der Waals surface area contributed by atoms with Crippen molar-refractivity contribution in [3.05, 3.63) is 63.1 Å². The van der Waals surface area contributed by atoms with Gasteiger partial charge in [0.1, 0.15) is 6.54 Å². The number of carboxylic acid groups (broad SMARTS) is 1. The van der Waals surface area contributed by atoms with Crippen LogP contribution in [0, 0.1) is 26.7 Å². The maximum absolute atomic E-state index is 12.7. The molecule has 2 heterocycles. The smallest absolute Gasteiger partial charge is 0.308 e. The number of aliphatic carboxylic acids is 1. The second-order valence-corrected chi connectivity index (χ2v) is 7.12. The van der Waals surface area contributed by atoms with Crippen molar-refractivity contribution in [2.24, 2.45) is 5.92 Å². The van der Waals surface area contributed by atoms with Crippen LogP contribution >= 0.6 is 0 Å². The van der Waals surface area contributed by atoms with E-state index in [4.69, 9.17) is 0 Å². The van der Waals surface area contributed by atoms with Crippen molar-refractivity contribution < 1.29 is 14.7 Å². The van der Waals surface area contributed by atoms with E-state index in [2.05, 4.69) is 5.10 Å². The highest BCUT2D eigenvalue weighted by molar-refractivity contribution is 5.79. The van der Waals surface area contributed by atoms with Crippen LogP contribution in [0.1, 0.15) is 28.3 Å². The van der Waals surface area contributed by atoms with Crippen LogP contribution in [0.4, 0.5) is 0 Å². The molecule has 1 N–H and O–H groups in total. The highest BCUT2D eigenvalue weighted by atomic mass is 16.4. The van der Waals surface area contributed by atoms with E-state index in [1.807, 2.05) is 31.2 Å². The molecule has 0 bridgehead atoms. The Bertz CT molecular complexity index is 950. The zero-order valence-corrected chi connectivity index (χ0v) is 15.7. The Kier molecular flexibility index (Phi) is 5.12. The quantitative estimate of drug-likeness (QED) is 0.882. The van der Waals surface area contributed by atoms with Gasteiger partial charge in [-0.2, -0.15) is 5.10 Å². The molecule has 2 atom stereocenters. The number of benzene rings is 1. The van der Waals surface area contributed by atoms with Gasteiger partial charge in [0, 0.05) is 25.1 Å². The summed E-state index contributed by atoms with van der Waals surface area (Å²) in [5, 5.41) is 13.8. The van der Waals surface area contributed by atoms with E-state index >= 15 is 0 Å². The first kappa shape index (κ1) is 18.8. The minimum Gasteiger partial charge on any atom is -0.481 e. The molecule has 1 aliphatic heterocycles. The highest BCUT2D eigenvalue weighted by Gasteiger charge is 2.40. The molecule has 0 spiro atoms. The number of carbonyl (C=O) groups excluding carboxylic acids is 1. The second kappa shape index (κ2) is 7.34. The predicted molar refractivity (Wildman–Crippen MR) is 99.6 cm³/mol. The third kappa shape index (κ3) is 3.77. The first-order valence-electron chi connectivity index (χ1n) is 8.89. The van der Waals surface area contributed by atoms with Crippen LogP contribution in [0.3, 0.4) is 0 Å². The molecule has 0 aliphatic carbocycles. The normalized spacial score (nSPS) is 19.3. The Hall–Kier alpha value is -2.96. The molecule has 1 saturated heterocycles. The lowest BCUT2D eigenvalue weighted by atomic mass is 9.86. The van der Waals surface area contributed by atoms with Gasteiger partial charge in [0.2, 0.25) is 5.91 Å². The van der Waals surface area contributed by atoms with E-state index in [1.165, 1.54) is 11.0 Å². The van der Waals surface area contributed by atoms with E-state index in [-0.39, 0.29) is 30.5 Å². The number of amides is 1. The largest absolute Gasteiger partial charge is 0.481 e. The molecule has 27 heavy (non-hydrogen) atoms. The fourth-order valence-electron chi connectivity index (χ4n) is 3.59. The van der Waals surface area contributed by atoms with Gasteiger partial charge < -0.3 is 10.0 Å². The molecule has 7 heteroatoms. The Morgan fingerprint density at radius 1 is 1.15 bits per heavy atom. The Morgan fingerprint density at radius 2 is 1.85 bits per heavy atom. The van der Waals surface area contributed by atoms with Crippen molar-refractivity contribution in [3.8, 4) is 0 Å². The maximum atomic E-state index is 12.7. The second-order valence-electron chi connectivity index (χ2n) is 7.12. The standard InChI is InChI=1S/C20H23N3O4/c1-12-6-4-5-7-15(12)16-9-22(10-17(16)20(26)27)19(25)11-23-18(24)8-13(2)14(3)21-23/h4-8,16-17H,9-11H2,1-3H3,(H,26,27)/t16-,17+/m0/s1. The van der Waals surface area contributed by atoms with Gasteiger partial charge in [0.05, 0.1) is 11.6 Å². The van der Waals surface area contributed by atoms with Crippen LogP contribution in [-0.2, 0) is 16.1 Å². The number of nitrogens with zero attached hydrogens (tertiary/aromatic N) is 3. The number of hydrogen-bond donors (Lipinski definition) is 1. The summed E-state index contributed by atoms with van der Waals surface area (Å²) in [7, 11) is 0. The third-order valence-electron chi connectivity index (χ3n) is 5.30. The summed E-state index contributed by atoms with van der Waals surface area (Å²) in [5.41, 5.74) is 3.08. The molecule has 142 valence electrons. The minimum absolute atomic E-state index is 0.132. The molecule has 1 amide bonds. The number of carbonyl (C=O) groups is 2. The van der Waals surface area contributed by atoms with Crippen LogP contribution in [0.5, 0.6) is 0 Å². The topological polar surface area (TPSA) is 92.5 Å². The number of aromatic nitrogens is 2. The van der Waals surface area contributed by atoms with Crippen LogP contribution in [0.25, 0.3) is 0 Å². The average molecular weight is 369 g/mol. The zero-order valence-electron chi connectivity index (χ0n) is 15.7. The van der Waals surface area contributed by atoms with Gasteiger partial charge in [-0.1, -0.05) is 24.3 Å². The Balaban J connectivity index is 1.83. The summed E-state index contributed by atoms with van der Waals surface area (Å²) >= 11 is 0. The van der Waals surface area contributed by atoms with Gasteiger partial charge in [-0.25, -0.2) is 4.68 Å². The summed E-state index contributed by atoms with van der Waals surface area (Å²) in [6.45, 7) is 5.78. The van der Waals surface area contributed by atoms with Crippen molar-refractivity contribution >= 4 is 11.9 Å². The SMILES string of the molecule is Cc1ccccc1[C@@H]1CN(C(=O)Cn2nc(C)c(C)cc2=O)C[C@H]1C(=O)O. The van der Waals surface area contributed by atoms with Crippen LogP contribution in [0.2, 0.25) is 0 Å². The van der Waals surface area contributed by atoms with Gasteiger partial charge in [-0.05, 0) is 37.5 Å². The van der Waals surface area contributed by atoms with Gasteiger partial charge in [0.15, 0.2) is 0 Å². The fraction of sp³-hybridized carbons (Fsp3) is 0.400. The van der Waals surface area contributed by atoms with Crippen LogP contribution in [-0.4, -0.2) is 44.8 Å². The van der Waals surface area contributed by atoms with Gasteiger partial charge in [0.25, 0.3) is 5.56 Å². The van der Waals surface area contributed by atoms with Crippen molar-refractivity contribution in [1.82, 2.24) is 14.7 Å². The van der Waals surface area contributed by atoms with Crippen molar-refractivity contribution in [2.75, 3.05) is 13.1 Å². The van der Waals surface area contributed by atoms with E-state index in [9.17, 15) is 19.5 Å². The molecular weight excluding hydrogens is 346 g/mol. The molecule has 0 unspecified atom stereocenters. The summed E-state index contributed by atoms with van der Waals surface area (Å²) < 4.78 is 1.14. The molecule has 2 aromatic rings. The van der Waals surface area contributed by atoms with Crippen molar-refractivity contribution in [2.45, 2.75) is 33.2 Å². The molecule has 1 aromatic heterocycles. The molecule has 1 aromatic carbocycles. The number of hydrogen-bond acceptors (Lipinski definition) is 4. The first-order valence-corrected chi connectivity index (χ1v) is 8.89. The average Bonchev–Trinajstić information content (AvgIpc) is 3.05. The summed E-state index contributed by atoms with van der Waals surface area (Å²) in [6, 6.07) is 9.10. The number of likely N-dealkylation sites (tertiary alicyclic amines) is 1. The van der Waals surface area contributed by atoms with Crippen molar-refractivity contribution in [3.63, 3.8) is 0 Å². The fourth-order valence-corrected chi connectivity index (χ4v) is 3.59. The Morgan fingerprint density at radius 3 is 2.52 bits per heavy atom. The zero-order chi connectivity index (χ0) is 19.7. The summed E-state index contributed by atoms with van der Waals surface area (Å²) in [6.07, 6.45) is 0. The lowest BCUT2D eigenvalue weighted by Gasteiger charge is -2.18. The molecule has 7 nitrogen and oxygen atoms in total. The van der Waals surface area contributed by atoms with Gasteiger partial charge >= 0.3 is 5.97 Å². The van der Waals surface area contributed by atoms with E-state index in [0.29, 0.717) is 12.2 Å². The lowest BCUT2D eigenvalue weighted by Crippen LogP contribution is -2.36. The van der Waals surface area contributed by atoms with Crippen LogP contribution < -0.4 is 5.56 Å². The van der Waals surface area contributed by atoms with Crippen LogP contribution in [0.15, 0.2) is 35.1 Å². The molecule has 1 fully saturated rings. The highest BCUT2D eigenvalue weighted by Crippen LogP contribution is 2.34. The monoisotopic (exact) mass is 369 g/mol. The summed E-state index contributed by atoms with van der Waals surface area (Å²) in [5.74, 6) is -2.15. The van der Waals surface area contributed by atoms with Gasteiger partial charge in [-0.15, -0.1) is 0 Å². The molecule has 0 radical (unpaired) electrons. The van der Waals surface area contributed by atoms with E-state index in [1.54, 1.807) is 13.8 Å². The summed E-state index contributed by atoms with van der Waals surface area (Å²) in [4.78, 5) is 38.1.